The fraction of sp³-hybridized carbons (Fsp3) is 0.714. The number of nitrogens with two attached hydrogens (primary N) is 1. The Bertz CT molecular complexity index is 222. The molecule has 13 heavy (non-hydrogen) atoms. The molecular weight excluding hydrogens is 192 g/mol. The zero-order valence-corrected chi connectivity index (χ0v) is 8.10. The van der Waals surface area contributed by atoms with E-state index in [1.807, 2.05) is 0 Å². The van der Waals surface area contributed by atoms with Crippen molar-refractivity contribution in [3.05, 3.63) is 0 Å². The van der Waals surface area contributed by atoms with Crippen molar-refractivity contribution >= 4 is 23.6 Å². The topological polar surface area (TPSA) is 81.4 Å². The van der Waals surface area contributed by atoms with Gasteiger partial charge in [0.2, 0.25) is 5.91 Å². The SMILES string of the molecule is COC(=O)CSC[C@@H]1NC(=O)[C@H]1N. The van der Waals surface area contributed by atoms with Crippen LogP contribution in [0.1, 0.15) is 0 Å². The van der Waals surface area contributed by atoms with E-state index in [0.717, 1.165) is 0 Å². The van der Waals surface area contributed by atoms with Crippen LogP contribution < -0.4 is 11.1 Å². The first-order valence-corrected chi connectivity index (χ1v) is 5.01. The highest BCUT2D eigenvalue weighted by atomic mass is 32.2. The molecule has 1 aliphatic heterocycles. The molecule has 6 heteroatoms. The van der Waals surface area contributed by atoms with Crippen molar-refractivity contribution < 1.29 is 14.3 Å². The molecule has 0 bridgehead atoms. The zero-order valence-electron chi connectivity index (χ0n) is 7.28. The summed E-state index contributed by atoms with van der Waals surface area (Å²) >= 11 is 1.41. The molecular formula is C7H12N2O3S. The third-order valence-electron chi connectivity index (χ3n) is 1.81. The fourth-order valence-corrected chi connectivity index (χ4v) is 1.88. The monoisotopic (exact) mass is 204 g/mol. The molecule has 3 N–H and O–H groups in total. The van der Waals surface area contributed by atoms with Crippen molar-refractivity contribution in [1.29, 1.82) is 0 Å². The molecule has 74 valence electrons. The average Bonchev–Trinajstić information content (AvgIpc) is 2.15. The second kappa shape index (κ2) is 4.48. The Kier molecular flexibility index (Phi) is 3.56. The average molecular weight is 204 g/mol. The van der Waals surface area contributed by atoms with E-state index in [4.69, 9.17) is 5.73 Å². The second-order valence-electron chi connectivity index (χ2n) is 2.73. The number of β-lactam (4-membered cyclic amide) rings is 1. The predicted octanol–water partition coefficient (Wildman–Crippen LogP) is -1.28. The summed E-state index contributed by atoms with van der Waals surface area (Å²) < 4.78 is 4.45. The molecule has 1 rings (SSSR count). The molecule has 1 saturated heterocycles. The van der Waals surface area contributed by atoms with Crippen molar-refractivity contribution in [3.63, 3.8) is 0 Å². The van der Waals surface area contributed by atoms with Gasteiger partial charge in [-0.1, -0.05) is 0 Å². The summed E-state index contributed by atoms with van der Waals surface area (Å²) in [4.78, 5) is 21.3. The summed E-state index contributed by atoms with van der Waals surface area (Å²) in [5.41, 5.74) is 5.47. The minimum atomic E-state index is -0.412. The molecule has 1 aliphatic rings. The summed E-state index contributed by atoms with van der Waals surface area (Å²) in [6.45, 7) is 0. The molecule has 1 amide bonds. The minimum absolute atomic E-state index is 0.00200. The number of rotatable bonds is 4. The molecule has 0 saturated carbocycles. The first-order valence-electron chi connectivity index (χ1n) is 3.85. The van der Waals surface area contributed by atoms with E-state index in [9.17, 15) is 9.59 Å². The van der Waals surface area contributed by atoms with Gasteiger partial charge in [0.05, 0.1) is 18.9 Å². The van der Waals surface area contributed by atoms with E-state index in [-0.39, 0.29) is 17.9 Å². The largest absolute Gasteiger partial charge is 0.468 e. The van der Waals surface area contributed by atoms with Crippen molar-refractivity contribution in [3.8, 4) is 0 Å². The van der Waals surface area contributed by atoms with Gasteiger partial charge < -0.3 is 15.8 Å². The van der Waals surface area contributed by atoms with Crippen LogP contribution in [0.3, 0.4) is 0 Å². The normalized spacial score (nSPS) is 26.2. The summed E-state index contributed by atoms with van der Waals surface area (Å²) in [6, 6.07) is -0.410. The van der Waals surface area contributed by atoms with E-state index < -0.39 is 6.04 Å². The van der Waals surface area contributed by atoms with Crippen LogP contribution in [0.25, 0.3) is 0 Å². The lowest BCUT2D eigenvalue weighted by Gasteiger charge is -2.33. The second-order valence-corrected chi connectivity index (χ2v) is 3.76. The predicted molar refractivity (Wildman–Crippen MR) is 49.2 cm³/mol. The van der Waals surface area contributed by atoms with Crippen LogP contribution in [-0.4, -0.2) is 42.6 Å². The lowest BCUT2D eigenvalue weighted by molar-refractivity contribution is -0.137. The quantitative estimate of drug-likeness (QED) is 0.440. The number of amides is 1. The summed E-state index contributed by atoms with van der Waals surface area (Å²) in [7, 11) is 1.35. The van der Waals surface area contributed by atoms with Gasteiger partial charge in [0.1, 0.15) is 6.04 Å². The van der Waals surface area contributed by atoms with Crippen LogP contribution in [0.5, 0.6) is 0 Å². The van der Waals surface area contributed by atoms with Crippen LogP contribution in [0.15, 0.2) is 0 Å². The van der Waals surface area contributed by atoms with Gasteiger partial charge in [0.25, 0.3) is 0 Å². The van der Waals surface area contributed by atoms with Crippen LogP contribution in [-0.2, 0) is 14.3 Å². The lowest BCUT2D eigenvalue weighted by atomic mass is 10.0. The highest BCUT2D eigenvalue weighted by Gasteiger charge is 2.35. The smallest absolute Gasteiger partial charge is 0.315 e. The number of hydrogen-bond donors (Lipinski definition) is 2. The lowest BCUT2D eigenvalue weighted by Crippen LogP contribution is -2.67. The molecule has 0 spiro atoms. The molecule has 0 aromatic carbocycles. The van der Waals surface area contributed by atoms with Gasteiger partial charge in [0, 0.05) is 5.75 Å². The maximum atomic E-state index is 10.7. The van der Waals surface area contributed by atoms with Gasteiger partial charge in [-0.15, -0.1) is 11.8 Å². The highest BCUT2D eigenvalue weighted by molar-refractivity contribution is 7.99. The number of nitrogens with one attached hydrogen (secondary N) is 1. The number of methoxy groups -OCH3 is 1. The molecule has 2 atom stereocenters. The van der Waals surface area contributed by atoms with E-state index >= 15 is 0 Å². The summed E-state index contributed by atoms with van der Waals surface area (Å²) in [6.07, 6.45) is 0. The third kappa shape index (κ3) is 2.60. The molecule has 0 aliphatic carbocycles. The van der Waals surface area contributed by atoms with Crippen LogP contribution >= 0.6 is 11.8 Å². The van der Waals surface area contributed by atoms with E-state index in [0.29, 0.717) is 11.5 Å². The van der Waals surface area contributed by atoms with Crippen LogP contribution in [0, 0.1) is 0 Å². The standard InChI is InChI=1S/C7H12N2O3S/c1-12-5(10)3-13-2-4-6(8)7(11)9-4/h4,6H,2-3,8H2,1H3,(H,9,11)/t4-,6-/m0/s1. The molecule has 0 radical (unpaired) electrons. The molecule has 0 aromatic rings. The van der Waals surface area contributed by atoms with Gasteiger partial charge in [-0.3, -0.25) is 9.59 Å². The minimum Gasteiger partial charge on any atom is -0.468 e. The van der Waals surface area contributed by atoms with Crippen molar-refractivity contribution in [2.45, 2.75) is 12.1 Å². The summed E-state index contributed by atoms with van der Waals surface area (Å²) in [5, 5.41) is 2.65. The molecule has 0 aromatic heterocycles. The molecule has 5 nitrogen and oxygen atoms in total. The van der Waals surface area contributed by atoms with Crippen molar-refractivity contribution in [2.75, 3.05) is 18.6 Å². The number of carbonyl (C=O) groups is 2. The number of hydrogen-bond acceptors (Lipinski definition) is 5. The first-order chi connectivity index (χ1) is 6.15. The Labute approximate surface area is 80.4 Å². The Morgan fingerprint density at radius 2 is 2.46 bits per heavy atom. The summed E-state index contributed by atoms with van der Waals surface area (Å²) in [5.74, 6) is 0.574. The Balaban J connectivity index is 2.07. The van der Waals surface area contributed by atoms with Crippen molar-refractivity contribution in [2.24, 2.45) is 5.73 Å². The first kappa shape index (κ1) is 10.3. The van der Waals surface area contributed by atoms with Gasteiger partial charge in [-0.25, -0.2) is 0 Å². The Hall–Kier alpha value is -0.750. The number of carbonyl (C=O) groups excluding carboxylic acids is 2. The van der Waals surface area contributed by atoms with Gasteiger partial charge in [-0.2, -0.15) is 0 Å². The van der Waals surface area contributed by atoms with Crippen LogP contribution in [0.4, 0.5) is 0 Å². The van der Waals surface area contributed by atoms with Crippen molar-refractivity contribution in [1.82, 2.24) is 5.32 Å². The highest BCUT2D eigenvalue weighted by Crippen LogP contribution is 2.11. The maximum Gasteiger partial charge on any atom is 0.315 e. The van der Waals surface area contributed by atoms with Crippen LogP contribution in [0.2, 0.25) is 0 Å². The van der Waals surface area contributed by atoms with E-state index in [2.05, 4.69) is 10.1 Å². The molecule has 1 fully saturated rings. The Morgan fingerprint density at radius 3 is 2.92 bits per heavy atom. The fourth-order valence-electron chi connectivity index (χ4n) is 0.929. The Morgan fingerprint density at radius 1 is 1.77 bits per heavy atom. The zero-order chi connectivity index (χ0) is 9.84. The van der Waals surface area contributed by atoms with E-state index in [1.54, 1.807) is 0 Å². The van der Waals surface area contributed by atoms with E-state index in [1.165, 1.54) is 18.9 Å². The van der Waals surface area contributed by atoms with Gasteiger partial charge in [-0.05, 0) is 0 Å². The van der Waals surface area contributed by atoms with Gasteiger partial charge in [0.15, 0.2) is 0 Å². The number of thioether (sulfide) groups is 1. The third-order valence-corrected chi connectivity index (χ3v) is 2.84. The maximum absolute atomic E-state index is 10.7. The van der Waals surface area contributed by atoms with Gasteiger partial charge >= 0.3 is 5.97 Å². The molecule has 0 unspecified atom stereocenters. The number of esters is 1. The molecule has 1 heterocycles. The number of ether oxygens (including phenoxy) is 1.